The molecule has 5 nitrogen and oxygen atoms in total. The van der Waals surface area contributed by atoms with Crippen molar-refractivity contribution in [2.75, 3.05) is 27.2 Å². The highest BCUT2D eigenvalue weighted by atomic mass is 19.1. The van der Waals surface area contributed by atoms with E-state index in [0.717, 1.165) is 35.9 Å². The van der Waals surface area contributed by atoms with Gasteiger partial charge in [-0.15, -0.1) is 0 Å². The molecule has 1 aromatic heterocycles. The van der Waals surface area contributed by atoms with E-state index in [1.165, 1.54) is 12.1 Å². The minimum atomic E-state index is -1.02. The first-order valence-electron chi connectivity index (χ1n) is 11.9. The molecule has 4 aromatic rings. The Hall–Kier alpha value is -3.64. The van der Waals surface area contributed by atoms with E-state index in [0.29, 0.717) is 36.0 Å². The maximum atomic E-state index is 14.1. The Labute approximate surface area is 205 Å². The standard InChI is InChI=1S/C29H31FN2O3/c1-31(2)17-7-3-4-13-24-25-20-22(30)15-16-26(25)32(28(24)29(33)34)18-9-19-35-27-14-8-11-21-10-5-6-12-23(21)27/h4-6,8,10-16,20H,3,7,9,17-19H2,1-2H3,(H,33,34). The molecule has 0 saturated heterocycles. The van der Waals surface area contributed by atoms with Crippen molar-refractivity contribution in [1.82, 2.24) is 9.47 Å². The zero-order valence-electron chi connectivity index (χ0n) is 20.2. The van der Waals surface area contributed by atoms with Gasteiger partial charge in [0.1, 0.15) is 17.3 Å². The number of hydrogen-bond acceptors (Lipinski definition) is 3. The molecule has 0 spiro atoms. The molecule has 35 heavy (non-hydrogen) atoms. The number of rotatable bonds is 11. The molecule has 182 valence electrons. The third-order valence-corrected chi connectivity index (χ3v) is 6.06. The normalized spacial score (nSPS) is 11.8. The van der Waals surface area contributed by atoms with Gasteiger partial charge in [-0.25, -0.2) is 9.18 Å². The van der Waals surface area contributed by atoms with Crippen molar-refractivity contribution in [2.24, 2.45) is 0 Å². The summed E-state index contributed by atoms with van der Waals surface area (Å²) in [6, 6.07) is 18.5. The number of ether oxygens (including phenoxy) is 1. The fraction of sp³-hybridized carbons (Fsp3) is 0.276. The first-order valence-corrected chi connectivity index (χ1v) is 11.9. The number of unbranched alkanes of at least 4 members (excludes halogenated alkanes) is 1. The Morgan fingerprint density at radius 1 is 1.06 bits per heavy atom. The molecule has 1 N–H and O–H groups in total. The van der Waals surface area contributed by atoms with Gasteiger partial charge in [-0.1, -0.05) is 48.6 Å². The number of carboxylic acid groups (broad SMARTS) is 1. The van der Waals surface area contributed by atoms with Gasteiger partial charge in [-0.2, -0.15) is 0 Å². The lowest BCUT2D eigenvalue weighted by atomic mass is 10.1. The predicted octanol–water partition coefficient (Wildman–Crippen LogP) is 6.46. The van der Waals surface area contributed by atoms with Crippen LogP contribution in [0.2, 0.25) is 0 Å². The van der Waals surface area contributed by atoms with E-state index in [4.69, 9.17) is 4.74 Å². The van der Waals surface area contributed by atoms with Crippen LogP contribution in [-0.4, -0.2) is 47.8 Å². The summed E-state index contributed by atoms with van der Waals surface area (Å²) in [5.74, 6) is -0.597. The number of aromatic nitrogens is 1. The van der Waals surface area contributed by atoms with Gasteiger partial charge < -0.3 is 19.3 Å². The second kappa shape index (κ2) is 11.2. The van der Waals surface area contributed by atoms with Gasteiger partial charge in [0.2, 0.25) is 0 Å². The monoisotopic (exact) mass is 474 g/mol. The molecule has 6 heteroatoms. The first-order chi connectivity index (χ1) is 17.0. The lowest BCUT2D eigenvalue weighted by Gasteiger charge is -2.11. The first kappa shape index (κ1) is 24.5. The molecular formula is C29H31FN2O3. The van der Waals surface area contributed by atoms with Crippen LogP contribution in [0.5, 0.6) is 5.75 Å². The van der Waals surface area contributed by atoms with Gasteiger partial charge >= 0.3 is 5.97 Å². The minimum Gasteiger partial charge on any atom is -0.493 e. The van der Waals surface area contributed by atoms with Crippen LogP contribution in [0.15, 0.2) is 66.7 Å². The van der Waals surface area contributed by atoms with E-state index in [9.17, 15) is 14.3 Å². The highest BCUT2D eigenvalue weighted by molar-refractivity contribution is 6.02. The van der Waals surface area contributed by atoms with Gasteiger partial charge in [0.05, 0.1) is 6.61 Å². The average molecular weight is 475 g/mol. The third-order valence-electron chi connectivity index (χ3n) is 6.06. The molecule has 0 aliphatic carbocycles. The molecule has 0 aliphatic rings. The van der Waals surface area contributed by atoms with Crippen LogP contribution >= 0.6 is 0 Å². The number of halogens is 1. The van der Waals surface area contributed by atoms with Crippen molar-refractivity contribution < 1.29 is 19.0 Å². The molecule has 0 unspecified atom stereocenters. The number of aryl methyl sites for hydroxylation is 1. The molecule has 0 radical (unpaired) electrons. The number of carboxylic acids is 1. The van der Waals surface area contributed by atoms with Crippen LogP contribution in [-0.2, 0) is 6.54 Å². The van der Waals surface area contributed by atoms with Crippen LogP contribution in [0, 0.1) is 5.82 Å². The van der Waals surface area contributed by atoms with Gasteiger partial charge in [-0.3, -0.25) is 0 Å². The van der Waals surface area contributed by atoms with E-state index in [1.807, 2.05) is 68.7 Å². The van der Waals surface area contributed by atoms with Gasteiger partial charge in [0.15, 0.2) is 0 Å². The van der Waals surface area contributed by atoms with Crippen LogP contribution in [0.1, 0.15) is 35.3 Å². The van der Waals surface area contributed by atoms with Gasteiger partial charge in [0, 0.05) is 28.4 Å². The summed E-state index contributed by atoms with van der Waals surface area (Å²) in [5.41, 5.74) is 1.44. The summed E-state index contributed by atoms with van der Waals surface area (Å²) in [7, 11) is 4.04. The molecule has 3 aromatic carbocycles. The fourth-order valence-electron chi connectivity index (χ4n) is 4.44. The molecule has 0 amide bonds. The largest absolute Gasteiger partial charge is 0.493 e. The molecule has 0 bridgehead atoms. The quantitative estimate of drug-likeness (QED) is 0.254. The van der Waals surface area contributed by atoms with Crippen LogP contribution < -0.4 is 4.74 Å². The maximum Gasteiger partial charge on any atom is 0.353 e. The van der Waals surface area contributed by atoms with Crippen LogP contribution in [0.3, 0.4) is 0 Å². The second-order valence-corrected chi connectivity index (χ2v) is 8.91. The summed E-state index contributed by atoms with van der Waals surface area (Å²) < 4.78 is 21.9. The number of hydrogen-bond donors (Lipinski definition) is 1. The zero-order valence-corrected chi connectivity index (χ0v) is 20.2. The number of nitrogens with zero attached hydrogens (tertiary/aromatic N) is 2. The van der Waals surface area contributed by atoms with Crippen molar-refractivity contribution in [3.05, 3.63) is 83.8 Å². The SMILES string of the molecule is CN(C)CCCC=Cc1c(C(=O)O)n(CCCOc2cccc3ccccc23)c2ccc(F)cc12. The summed E-state index contributed by atoms with van der Waals surface area (Å²) in [6.45, 7) is 1.83. The molecule has 0 fully saturated rings. The molecule has 0 atom stereocenters. The number of allylic oxidation sites excluding steroid dienone is 1. The highest BCUT2D eigenvalue weighted by Gasteiger charge is 2.21. The number of fused-ring (bicyclic) bond motifs is 2. The lowest BCUT2D eigenvalue weighted by molar-refractivity contribution is 0.0685. The molecular weight excluding hydrogens is 443 g/mol. The van der Waals surface area contributed by atoms with Crippen molar-refractivity contribution in [3.63, 3.8) is 0 Å². The average Bonchev–Trinajstić information content (AvgIpc) is 3.14. The topological polar surface area (TPSA) is 54.7 Å². The van der Waals surface area contributed by atoms with E-state index in [-0.39, 0.29) is 11.5 Å². The molecule has 0 saturated carbocycles. The summed E-state index contributed by atoms with van der Waals surface area (Å²) in [6.07, 6.45) is 6.19. The zero-order chi connectivity index (χ0) is 24.8. The van der Waals surface area contributed by atoms with Crippen molar-refractivity contribution in [3.8, 4) is 5.75 Å². The Bertz CT molecular complexity index is 1350. The molecule has 4 rings (SSSR count). The molecule has 1 heterocycles. The number of carbonyl (C=O) groups is 1. The summed E-state index contributed by atoms with van der Waals surface area (Å²) >= 11 is 0. The Morgan fingerprint density at radius 2 is 1.86 bits per heavy atom. The van der Waals surface area contributed by atoms with Crippen LogP contribution in [0.4, 0.5) is 4.39 Å². The van der Waals surface area contributed by atoms with E-state index in [2.05, 4.69) is 4.90 Å². The van der Waals surface area contributed by atoms with E-state index < -0.39 is 5.97 Å². The third kappa shape index (κ3) is 5.72. The Balaban J connectivity index is 1.55. The Kier molecular flexibility index (Phi) is 7.83. The lowest BCUT2D eigenvalue weighted by Crippen LogP contribution is -2.12. The summed E-state index contributed by atoms with van der Waals surface area (Å²) in [5, 5.41) is 12.8. The van der Waals surface area contributed by atoms with E-state index in [1.54, 1.807) is 10.6 Å². The fourth-order valence-corrected chi connectivity index (χ4v) is 4.44. The smallest absolute Gasteiger partial charge is 0.353 e. The van der Waals surface area contributed by atoms with Crippen molar-refractivity contribution >= 4 is 33.7 Å². The number of aromatic carboxylic acids is 1. The van der Waals surface area contributed by atoms with Gasteiger partial charge in [-0.05, 0) is 69.6 Å². The Morgan fingerprint density at radius 3 is 2.66 bits per heavy atom. The maximum absolute atomic E-state index is 14.1. The number of benzene rings is 3. The predicted molar refractivity (Wildman–Crippen MR) is 140 cm³/mol. The summed E-state index contributed by atoms with van der Waals surface area (Å²) in [4.78, 5) is 14.4. The van der Waals surface area contributed by atoms with E-state index >= 15 is 0 Å². The minimum absolute atomic E-state index is 0.180. The molecule has 0 aliphatic heterocycles. The van der Waals surface area contributed by atoms with Crippen molar-refractivity contribution in [2.45, 2.75) is 25.8 Å². The van der Waals surface area contributed by atoms with Crippen LogP contribution in [0.25, 0.3) is 27.8 Å². The highest BCUT2D eigenvalue weighted by Crippen LogP contribution is 2.30. The second-order valence-electron chi connectivity index (χ2n) is 8.91. The van der Waals surface area contributed by atoms with Crippen molar-refractivity contribution in [1.29, 1.82) is 0 Å². The van der Waals surface area contributed by atoms with Gasteiger partial charge in [0.25, 0.3) is 0 Å².